The third kappa shape index (κ3) is 3.40. The van der Waals surface area contributed by atoms with Gasteiger partial charge in [-0.1, -0.05) is 0 Å². The van der Waals surface area contributed by atoms with Crippen LogP contribution in [0.5, 0.6) is 5.88 Å². The Hall–Kier alpha value is -1.20. The first-order valence-electron chi connectivity index (χ1n) is 6.47. The molecule has 0 aromatic carbocycles. The van der Waals surface area contributed by atoms with Crippen LogP contribution in [0.25, 0.3) is 0 Å². The first-order valence-corrected chi connectivity index (χ1v) is 6.47. The molecule has 2 heterocycles. The van der Waals surface area contributed by atoms with Gasteiger partial charge in [0.05, 0.1) is 13.2 Å². The zero-order valence-electron chi connectivity index (χ0n) is 11.1. The molecule has 2 unspecified atom stereocenters. The summed E-state index contributed by atoms with van der Waals surface area (Å²) in [7, 11) is 3.59. The van der Waals surface area contributed by atoms with Crippen LogP contribution >= 0.6 is 0 Å². The van der Waals surface area contributed by atoms with Gasteiger partial charge >= 0.3 is 0 Å². The highest BCUT2D eigenvalue weighted by Gasteiger charge is 2.23. The van der Waals surface area contributed by atoms with Gasteiger partial charge in [-0.05, 0) is 26.3 Å². The Balaban J connectivity index is 1.99. The summed E-state index contributed by atoms with van der Waals surface area (Å²) in [6, 6.07) is 2.18. The van der Waals surface area contributed by atoms with Gasteiger partial charge in [0, 0.05) is 30.8 Å². The van der Waals surface area contributed by atoms with E-state index in [0.29, 0.717) is 11.9 Å². The molecule has 1 saturated heterocycles. The van der Waals surface area contributed by atoms with Crippen molar-refractivity contribution in [2.24, 2.45) is 0 Å². The first kappa shape index (κ1) is 13.2. The maximum absolute atomic E-state index is 5.82. The van der Waals surface area contributed by atoms with Crippen LogP contribution in [0, 0.1) is 0 Å². The maximum atomic E-state index is 5.82. The number of nitrogens with one attached hydrogen (secondary N) is 1. The maximum Gasteiger partial charge on any atom is 0.216 e. The van der Waals surface area contributed by atoms with Crippen LogP contribution in [-0.4, -0.2) is 42.9 Å². The molecule has 1 aliphatic rings. The molecule has 0 amide bonds. The molecule has 100 valence electrons. The summed E-state index contributed by atoms with van der Waals surface area (Å²) in [6.07, 6.45) is 6.20. The third-order valence-electron chi connectivity index (χ3n) is 3.37. The smallest absolute Gasteiger partial charge is 0.216 e. The molecule has 1 aliphatic heterocycles. The molecular weight excluding hydrogens is 230 g/mol. The van der Waals surface area contributed by atoms with E-state index in [2.05, 4.69) is 15.3 Å². The molecule has 18 heavy (non-hydrogen) atoms. The van der Waals surface area contributed by atoms with E-state index < -0.39 is 0 Å². The number of aromatic nitrogens is 2. The van der Waals surface area contributed by atoms with E-state index in [1.165, 1.54) is 12.8 Å². The van der Waals surface area contributed by atoms with Crippen LogP contribution < -0.4 is 10.1 Å². The Labute approximate surface area is 108 Å². The number of hydrogen-bond acceptors (Lipinski definition) is 5. The topological polar surface area (TPSA) is 56.3 Å². The average molecular weight is 251 g/mol. The van der Waals surface area contributed by atoms with E-state index in [9.17, 15) is 0 Å². The van der Waals surface area contributed by atoms with Crippen LogP contribution in [-0.2, 0) is 11.2 Å². The van der Waals surface area contributed by atoms with Crippen molar-refractivity contribution >= 4 is 0 Å². The number of nitrogens with zero attached hydrogens (tertiary/aromatic N) is 2. The summed E-state index contributed by atoms with van der Waals surface area (Å²) in [5, 5.41) is 3.33. The highest BCUT2D eigenvalue weighted by atomic mass is 16.5. The van der Waals surface area contributed by atoms with E-state index in [1.54, 1.807) is 13.4 Å². The van der Waals surface area contributed by atoms with Crippen molar-refractivity contribution < 1.29 is 9.47 Å². The molecule has 0 radical (unpaired) electrons. The Morgan fingerprint density at radius 1 is 1.50 bits per heavy atom. The molecule has 5 heteroatoms. The summed E-state index contributed by atoms with van der Waals surface area (Å²) in [5.74, 6) is 0.611. The first-order chi connectivity index (χ1) is 8.83. The van der Waals surface area contributed by atoms with Gasteiger partial charge in [0.2, 0.25) is 5.88 Å². The van der Waals surface area contributed by atoms with Gasteiger partial charge in [-0.2, -0.15) is 0 Å². The Kier molecular flexibility index (Phi) is 4.90. The largest absolute Gasteiger partial charge is 0.481 e. The molecule has 2 atom stereocenters. The van der Waals surface area contributed by atoms with E-state index in [4.69, 9.17) is 9.47 Å². The van der Waals surface area contributed by atoms with Crippen LogP contribution in [0.15, 0.2) is 12.4 Å². The molecule has 0 spiro atoms. The fraction of sp³-hybridized carbons (Fsp3) is 0.692. The molecule has 0 saturated carbocycles. The highest BCUT2D eigenvalue weighted by Crippen LogP contribution is 2.18. The van der Waals surface area contributed by atoms with Gasteiger partial charge < -0.3 is 14.8 Å². The molecule has 5 nitrogen and oxygen atoms in total. The predicted molar refractivity (Wildman–Crippen MR) is 68.7 cm³/mol. The van der Waals surface area contributed by atoms with Crippen molar-refractivity contribution in [1.82, 2.24) is 15.3 Å². The normalized spacial score (nSPS) is 21.6. The second-order valence-electron chi connectivity index (χ2n) is 4.56. The van der Waals surface area contributed by atoms with Gasteiger partial charge in [0.1, 0.15) is 6.33 Å². The molecule has 1 N–H and O–H groups in total. The second-order valence-corrected chi connectivity index (χ2v) is 4.56. The highest BCUT2D eigenvalue weighted by molar-refractivity contribution is 5.14. The zero-order chi connectivity index (χ0) is 12.8. The predicted octanol–water partition coefficient (Wildman–Crippen LogP) is 1.18. The summed E-state index contributed by atoms with van der Waals surface area (Å²) < 4.78 is 10.9. The number of rotatable bonds is 5. The molecule has 0 aliphatic carbocycles. The lowest BCUT2D eigenvalue weighted by Gasteiger charge is -2.30. The molecular formula is C13H21N3O2. The van der Waals surface area contributed by atoms with Crippen LogP contribution in [0.4, 0.5) is 0 Å². The third-order valence-corrected chi connectivity index (χ3v) is 3.37. The zero-order valence-corrected chi connectivity index (χ0v) is 11.1. The number of likely N-dealkylation sites (N-methyl/N-ethyl adjacent to an activating group) is 1. The number of methoxy groups -OCH3 is 1. The lowest BCUT2D eigenvalue weighted by Crippen LogP contribution is -2.42. The van der Waals surface area contributed by atoms with E-state index >= 15 is 0 Å². The van der Waals surface area contributed by atoms with Crippen molar-refractivity contribution in [2.45, 2.75) is 37.8 Å². The summed E-state index contributed by atoms with van der Waals surface area (Å²) >= 11 is 0. The molecule has 1 aromatic rings. The standard InChI is InChI=1S/C13H21N3O2/c1-14-11(12-5-3-4-6-18-12)7-10-8-13(17-2)16-9-15-10/h8-9,11-12,14H,3-7H2,1-2H3. The number of hydrogen-bond donors (Lipinski definition) is 1. The fourth-order valence-corrected chi connectivity index (χ4v) is 2.33. The van der Waals surface area contributed by atoms with Crippen molar-refractivity contribution in [3.63, 3.8) is 0 Å². The minimum atomic E-state index is 0.282. The Morgan fingerprint density at radius 2 is 2.39 bits per heavy atom. The van der Waals surface area contributed by atoms with Crippen molar-refractivity contribution in [2.75, 3.05) is 20.8 Å². The van der Waals surface area contributed by atoms with Crippen LogP contribution in [0.3, 0.4) is 0 Å². The van der Waals surface area contributed by atoms with Crippen LogP contribution in [0.1, 0.15) is 25.0 Å². The molecule has 1 aromatic heterocycles. The van der Waals surface area contributed by atoms with Gasteiger partial charge in [0.15, 0.2) is 0 Å². The van der Waals surface area contributed by atoms with E-state index in [1.807, 2.05) is 13.1 Å². The minimum absolute atomic E-state index is 0.282. The van der Waals surface area contributed by atoms with Crippen molar-refractivity contribution in [3.05, 3.63) is 18.1 Å². The summed E-state index contributed by atoms with van der Waals surface area (Å²) in [6.45, 7) is 0.871. The van der Waals surface area contributed by atoms with Crippen LogP contribution in [0.2, 0.25) is 0 Å². The van der Waals surface area contributed by atoms with E-state index in [0.717, 1.165) is 25.1 Å². The Morgan fingerprint density at radius 3 is 3.06 bits per heavy atom. The summed E-state index contributed by atoms with van der Waals surface area (Å²) in [4.78, 5) is 8.30. The average Bonchev–Trinajstić information content (AvgIpc) is 2.46. The molecule has 1 fully saturated rings. The Bertz CT molecular complexity index is 367. The lowest BCUT2D eigenvalue weighted by molar-refractivity contribution is -0.00607. The minimum Gasteiger partial charge on any atom is -0.481 e. The lowest BCUT2D eigenvalue weighted by atomic mass is 9.98. The monoisotopic (exact) mass is 251 g/mol. The van der Waals surface area contributed by atoms with Gasteiger partial charge in [-0.15, -0.1) is 0 Å². The number of ether oxygens (including phenoxy) is 2. The molecule has 0 bridgehead atoms. The molecule has 2 rings (SSSR count). The summed E-state index contributed by atoms with van der Waals surface area (Å²) in [5.41, 5.74) is 0.982. The quantitative estimate of drug-likeness (QED) is 0.851. The van der Waals surface area contributed by atoms with Crippen molar-refractivity contribution in [1.29, 1.82) is 0 Å². The van der Waals surface area contributed by atoms with Gasteiger partial charge in [-0.3, -0.25) is 0 Å². The van der Waals surface area contributed by atoms with E-state index in [-0.39, 0.29) is 6.10 Å². The SMILES string of the molecule is CNC(Cc1cc(OC)ncn1)C1CCCCO1. The van der Waals surface area contributed by atoms with Gasteiger partial charge in [-0.25, -0.2) is 9.97 Å². The van der Waals surface area contributed by atoms with Crippen molar-refractivity contribution in [3.8, 4) is 5.88 Å². The van der Waals surface area contributed by atoms with Gasteiger partial charge in [0.25, 0.3) is 0 Å². The fourth-order valence-electron chi connectivity index (χ4n) is 2.33. The second kappa shape index (κ2) is 6.66.